The average molecular weight is 252 g/mol. The maximum atomic E-state index is 13.0. The number of aromatic nitrogens is 2. The Kier molecular flexibility index (Phi) is 3.10. The minimum absolute atomic E-state index is 0.0950. The maximum absolute atomic E-state index is 13.0. The predicted octanol–water partition coefficient (Wildman–Crippen LogP) is 2.22. The van der Waals surface area contributed by atoms with Crippen molar-refractivity contribution in [2.45, 2.75) is 13.5 Å². The number of hydrogen-bond donors (Lipinski definition) is 1. The number of carbonyl (C=O) groups is 1. The Morgan fingerprint density at radius 3 is 2.67 bits per heavy atom. The second-order valence-corrected chi connectivity index (χ2v) is 3.88. The Bertz CT molecular complexity index is 608. The number of aryl methyl sites for hydroxylation is 1. The molecule has 0 aliphatic rings. The molecule has 0 unspecified atom stereocenters. The molecule has 1 aromatic carbocycles. The zero-order valence-corrected chi connectivity index (χ0v) is 9.52. The van der Waals surface area contributed by atoms with Crippen LogP contribution in [0.25, 0.3) is 0 Å². The molecule has 2 rings (SSSR count). The van der Waals surface area contributed by atoms with Gasteiger partial charge in [-0.3, -0.25) is 4.68 Å². The van der Waals surface area contributed by atoms with E-state index in [-0.39, 0.29) is 12.1 Å². The summed E-state index contributed by atoms with van der Waals surface area (Å²) >= 11 is 0. The van der Waals surface area contributed by atoms with E-state index in [1.165, 1.54) is 16.9 Å². The van der Waals surface area contributed by atoms with Crippen molar-refractivity contribution in [1.82, 2.24) is 9.78 Å². The van der Waals surface area contributed by atoms with E-state index in [0.717, 1.165) is 12.1 Å². The molecule has 0 saturated heterocycles. The van der Waals surface area contributed by atoms with Gasteiger partial charge in [0.05, 0.1) is 12.2 Å². The van der Waals surface area contributed by atoms with Crippen molar-refractivity contribution >= 4 is 5.97 Å². The lowest BCUT2D eigenvalue weighted by Crippen LogP contribution is -2.01. The van der Waals surface area contributed by atoms with Gasteiger partial charge < -0.3 is 5.11 Å². The topological polar surface area (TPSA) is 55.1 Å². The fourth-order valence-electron chi connectivity index (χ4n) is 1.63. The van der Waals surface area contributed by atoms with Crippen LogP contribution < -0.4 is 0 Å². The zero-order valence-electron chi connectivity index (χ0n) is 9.52. The highest BCUT2D eigenvalue weighted by Crippen LogP contribution is 2.11. The fraction of sp³-hybridized carbons (Fsp3) is 0.167. The monoisotopic (exact) mass is 252 g/mol. The van der Waals surface area contributed by atoms with E-state index in [4.69, 9.17) is 5.11 Å². The highest BCUT2D eigenvalue weighted by molar-refractivity contribution is 5.88. The van der Waals surface area contributed by atoms with Crippen molar-refractivity contribution in [3.63, 3.8) is 0 Å². The first kappa shape index (κ1) is 12.2. The Morgan fingerprint density at radius 2 is 2.11 bits per heavy atom. The summed E-state index contributed by atoms with van der Waals surface area (Å²) in [6.45, 7) is 1.76. The van der Waals surface area contributed by atoms with Gasteiger partial charge in [-0.05, 0) is 24.6 Å². The second-order valence-electron chi connectivity index (χ2n) is 3.88. The summed E-state index contributed by atoms with van der Waals surface area (Å²) in [5.41, 5.74) is 0.982. The maximum Gasteiger partial charge on any atom is 0.339 e. The van der Waals surface area contributed by atoms with Gasteiger partial charge in [0.25, 0.3) is 0 Å². The molecule has 0 aliphatic carbocycles. The number of hydrogen-bond acceptors (Lipinski definition) is 2. The zero-order chi connectivity index (χ0) is 13.3. The first-order valence-corrected chi connectivity index (χ1v) is 5.18. The van der Waals surface area contributed by atoms with E-state index in [9.17, 15) is 13.6 Å². The normalized spacial score (nSPS) is 10.6. The van der Waals surface area contributed by atoms with Crippen molar-refractivity contribution in [3.05, 3.63) is 52.9 Å². The summed E-state index contributed by atoms with van der Waals surface area (Å²) in [4.78, 5) is 10.8. The van der Waals surface area contributed by atoms with E-state index in [0.29, 0.717) is 11.3 Å². The largest absolute Gasteiger partial charge is 0.478 e. The molecule has 1 N–H and O–H groups in total. The van der Waals surface area contributed by atoms with Crippen LogP contribution in [0.1, 0.15) is 21.6 Å². The molecule has 0 radical (unpaired) electrons. The van der Waals surface area contributed by atoms with E-state index >= 15 is 0 Å². The van der Waals surface area contributed by atoms with Gasteiger partial charge in [-0.15, -0.1) is 0 Å². The summed E-state index contributed by atoms with van der Waals surface area (Å²) in [5, 5.41) is 12.9. The molecule has 1 heterocycles. The van der Waals surface area contributed by atoms with Crippen LogP contribution in [-0.2, 0) is 6.54 Å². The quantitative estimate of drug-likeness (QED) is 0.911. The molecule has 6 heteroatoms. The van der Waals surface area contributed by atoms with Crippen LogP contribution in [0.3, 0.4) is 0 Å². The first-order valence-electron chi connectivity index (χ1n) is 5.18. The molecule has 18 heavy (non-hydrogen) atoms. The van der Waals surface area contributed by atoms with Crippen LogP contribution in [0.15, 0.2) is 24.4 Å². The number of rotatable bonds is 3. The summed E-state index contributed by atoms with van der Waals surface area (Å²) in [6, 6.07) is 3.52. The smallest absolute Gasteiger partial charge is 0.339 e. The summed E-state index contributed by atoms with van der Waals surface area (Å²) in [5.74, 6) is -2.92. The van der Waals surface area contributed by atoms with Gasteiger partial charge in [0.1, 0.15) is 5.56 Å². The molecule has 0 bridgehead atoms. The van der Waals surface area contributed by atoms with E-state index in [1.807, 2.05) is 0 Å². The number of halogens is 2. The van der Waals surface area contributed by atoms with Crippen LogP contribution in [-0.4, -0.2) is 20.9 Å². The number of carboxylic acids is 1. The van der Waals surface area contributed by atoms with Gasteiger partial charge >= 0.3 is 5.97 Å². The Hall–Kier alpha value is -2.24. The Balaban J connectivity index is 2.26. The molecule has 0 spiro atoms. The van der Waals surface area contributed by atoms with Crippen LogP contribution in [0.4, 0.5) is 8.78 Å². The van der Waals surface area contributed by atoms with Crippen LogP contribution in [0, 0.1) is 18.6 Å². The molecule has 0 amide bonds. The molecule has 0 aliphatic heterocycles. The third-order valence-electron chi connectivity index (χ3n) is 2.51. The molecule has 0 atom stereocenters. The van der Waals surface area contributed by atoms with Crippen molar-refractivity contribution in [2.24, 2.45) is 0 Å². The van der Waals surface area contributed by atoms with Gasteiger partial charge in [0.2, 0.25) is 0 Å². The summed E-state index contributed by atoms with van der Waals surface area (Å²) in [6.07, 6.45) is 1.36. The molecule has 94 valence electrons. The highest BCUT2D eigenvalue weighted by Gasteiger charge is 2.12. The first-order chi connectivity index (χ1) is 8.47. The lowest BCUT2D eigenvalue weighted by molar-refractivity contribution is 0.0696. The average Bonchev–Trinajstić information content (AvgIpc) is 2.65. The highest BCUT2D eigenvalue weighted by atomic mass is 19.2. The standard InChI is InChI=1S/C12H10F2N2O2/c1-7-9(12(17)18)6-16(15-7)5-8-2-3-10(13)11(14)4-8/h2-4,6H,5H2,1H3,(H,17,18). The van der Waals surface area contributed by atoms with Gasteiger partial charge in [-0.1, -0.05) is 6.07 Å². The van der Waals surface area contributed by atoms with Crippen molar-refractivity contribution in [1.29, 1.82) is 0 Å². The van der Waals surface area contributed by atoms with Crippen LogP contribution in [0.5, 0.6) is 0 Å². The molecule has 0 saturated carbocycles. The summed E-state index contributed by atoms with van der Waals surface area (Å²) < 4.78 is 27.1. The number of nitrogens with zero attached hydrogens (tertiary/aromatic N) is 2. The van der Waals surface area contributed by atoms with Crippen molar-refractivity contribution in [2.75, 3.05) is 0 Å². The van der Waals surface area contributed by atoms with Crippen LogP contribution in [0.2, 0.25) is 0 Å². The molecule has 0 fully saturated rings. The summed E-state index contributed by atoms with van der Waals surface area (Å²) in [7, 11) is 0. The Morgan fingerprint density at radius 1 is 1.39 bits per heavy atom. The minimum atomic E-state index is -1.07. The molecule has 2 aromatic rings. The third-order valence-corrected chi connectivity index (χ3v) is 2.51. The Labute approximate surface area is 101 Å². The van der Waals surface area contributed by atoms with Crippen molar-refractivity contribution < 1.29 is 18.7 Å². The fourth-order valence-corrected chi connectivity index (χ4v) is 1.63. The third kappa shape index (κ3) is 2.37. The van der Waals surface area contributed by atoms with E-state index < -0.39 is 17.6 Å². The molecule has 1 aromatic heterocycles. The molecular formula is C12H10F2N2O2. The van der Waals surface area contributed by atoms with Gasteiger partial charge in [-0.2, -0.15) is 5.10 Å². The number of carboxylic acid groups (broad SMARTS) is 1. The minimum Gasteiger partial charge on any atom is -0.478 e. The lowest BCUT2D eigenvalue weighted by Gasteiger charge is -2.02. The lowest BCUT2D eigenvalue weighted by atomic mass is 10.2. The molecule has 4 nitrogen and oxygen atoms in total. The van der Waals surface area contributed by atoms with Gasteiger partial charge in [0.15, 0.2) is 11.6 Å². The number of aromatic carboxylic acids is 1. The number of benzene rings is 1. The van der Waals surface area contributed by atoms with Gasteiger partial charge in [-0.25, -0.2) is 13.6 Å². The van der Waals surface area contributed by atoms with Crippen molar-refractivity contribution in [3.8, 4) is 0 Å². The predicted molar refractivity (Wildman–Crippen MR) is 59.4 cm³/mol. The van der Waals surface area contributed by atoms with E-state index in [2.05, 4.69) is 5.10 Å². The van der Waals surface area contributed by atoms with E-state index in [1.54, 1.807) is 6.92 Å². The van der Waals surface area contributed by atoms with Gasteiger partial charge in [0, 0.05) is 6.20 Å². The molecular weight excluding hydrogens is 242 g/mol. The SMILES string of the molecule is Cc1nn(Cc2ccc(F)c(F)c2)cc1C(=O)O. The second kappa shape index (κ2) is 4.56. The van der Waals surface area contributed by atoms with Crippen LogP contribution >= 0.6 is 0 Å².